The van der Waals surface area contributed by atoms with Crippen LogP contribution in [-0.4, -0.2) is 47.1 Å². The van der Waals surface area contributed by atoms with E-state index in [1.165, 1.54) is 16.0 Å². The fourth-order valence-corrected chi connectivity index (χ4v) is 5.23. The molecule has 1 aromatic carbocycles. The molecule has 1 atom stereocenters. The summed E-state index contributed by atoms with van der Waals surface area (Å²) in [5, 5.41) is 4.42. The van der Waals surface area contributed by atoms with Crippen molar-refractivity contribution in [1.82, 2.24) is 9.80 Å². The standard InChI is InChI=1S/C18H20N2OS2/c21-18(17-11-15-3-1-2-4-16(15)23-17)20-8-6-19(7-9-20)12-14-5-10-22-13-14/h1-5,10,13,17H,6-9,11-12H2. The largest absolute Gasteiger partial charge is 0.339 e. The molecule has 0 radical (unpaired) electrons. The number of thioether (sulfide) groups is 1. The maximum Gasteiger partial charge on any atom is 0.236 e. The summed E-state index contributed by atoms with van der Waals surface area (Å²) in [4.78, 5) is 18.6. The number of carbonyl (C=O) groups is 1. The van der Waals surface area contributed by atoms with Gasteiger partial charge in [-0.25, -0.2) is 0 Å². The number of hydrogen-bond acceptors (Lipinski definition) is 4. The first-order chi connectivity index (χ1) is 11.3. The molecule has 5 heteroatoms. The Bertz CT molecular complexity index is 653. The SMILES string of the molecule is O=C(C1Cc2ccccc2S1)N1CCN(Cc2ccsc2)CC1. The van der Waals surface area contributed by atoms with Gasteiger partial charge < -0.3 is 4.90 Å². The van der Waals surface area contributed by atoms with Gasteiger partial charge in [0.1, 0.15) is 0 Å². The van der Waals surface area contributed by atoms with Gasteiger partial charge in [0.25, 0.3) is 0 Å². The highest BCUT2D eigenvalue weighted by Gasteiger charge is 2.32. The molecule has 1 saturated heterocycles. The molecule has 2 aliphatic heterocycles. The minimum absolute atomic E-state index is 0.0795. The van der Waals surface area contributed by atoms with E-state index < -0.39 is 0 Å². The second-order valence-corrected chi connectivity index (χ2v) is 8.18. The average molecular weight is 345 g/mol. The molecule has 0 saturated carbocycles. The van der Waals surface area contributed by atoms with Crippen molar-refractivity contribution in [2.45, 2.75) is 23.1 Å². The number of benzene rings is 1. The van der Waals surface area contributed by atoms with Crippen LogP contribution in [0.3, 0.4) is 0 Å². The lowest BCUT2D eigenvalue weighted by Gasteiger charge is -2.35. The number of nitrogens with zero attached hydrogens (tertiary/aromatic N) is 2. The minimum atomic E-state index is 0.0795. The molecule has 2 aromatic rings. The van der Waals surface area contributed by atoms with Gasteiger partial charge in [-0.05, 0) is 40.4 Å². The van der Waals surface area contributed by atoms with Crippen molar-refractivity contribution < 1.29 is 4.79 Å². The molecular formula is C18H20N2OS2. The molecule has 23 heavy (non-hydrogen) atoms. The number of carbonyl (C=O) groups excluding carboxylic acids is 1. The van der Waals surface area contributed by atoms with Crippen LogP contribution >= 0.6 is 23.1 Å². The topological polar surface area (TPSA) is 23.6 Å². The minimum Gasteiger partial charge on any atom is -0.339 e. The fourth-order valence-electron chi connectivity index (χ4n) is 3.29. The third kappa shape index (κ3) is 3.32. The van der Waals surface area contributed by atoms with Crippen LogP contribution in [0.25, 0.3) is 0 Å². The van der Waals surface area contributed by atoms with Crippen LogP contribution in [0.4, 0.5) is 0 Å². The summed E-state index contributed by atoms with van der Waals surface area (Å²) in [6.07, 6.45) is 0.884. The monoisotopic (exact) mass is 344 g/mol. The number of piperazine rings is 1. The van der Waals surface area contributed by atoms with Crippen molar-refractivity contribution in [3.8, 4) is 0 Å². The maximum atomic E-state index is 12.8. The first-order valence-corrected chi connectivity index (χ1v) is 9.88. The lowest BCUT2D eigenvalue weighted by Crippen LogP contribution is -2.50. The highest BCUT2D eigenvalue weighted by atomic mass is 32.2. The van der Waals surface area contributed by atoms with E-state index in [1.807, 2.05) is 0 Å². The first kappa shape index (κ1) is 15.2. The molecule has 0 spiro atoms. The van der Waals surface area contributed by atoms with E-state index in [2.05, 4.69) is 50.9 Å². The zero-order valence-electron chi connectivity index (χ0n) is 13.0. The van der Waals surface area contributed by atoms with E-state index >= 15 is 0 Å². The molecule has 1 unspecified atom stereocenters. The molecule has 3 nitrogen and oxygen atoms in total. The number of thiophene rings is 1. The van der Waals surface area contributed by atoms with Crippen molar-refractivity contribution in [3.63, 3.8) is 0 Å². The Morgan fingerprint density at radius 1 is 1.13 bits per heavy atom. The molecule has 3 heterocycles. The molecule has 1 amide bonds. The zero-order valence-corrected chi connectivity index (χ0v) is 14.6. The average Bonchev–Trinajstić information content (AvgIpc) is 3.24. The molecule has 1 fully saturated rings. The number of amides is 1. The Balaban J connectivity index is 1.31. The molecule has 4 rings (SSSR count). The van der Waals surface area contributed by atoms with Crippen LogP contribution < -0.4 is 0 Å². The number of fused-ring (bicyclic) bond motifs is 1. The summed E-state index contributed by atoms with van der Waals surface area (Å²) in [6, 6.07) is 10.6. The van der Waals surface area contributed by atoms with Gasteiger partial charge in [-0.1, -0.05) is 18.2 Å². The van der Waals surface area contributed by atoms with Gasteiger partial charge in [-0.3, -0.25) is 9.69 Å². The van der Waals surface area contributed by atoms with Crippen molar-refractivity contribution >= 4 is 29.0 Å². The third-order valence-electron chi connectivity index (χ3n) is 4.59. The smallest absolute Gasteiger partial charge is 0.236 e. The van der Waals surface area contributed by atoms with Gasteiger partial charge in [0, 0.05) is 37.6 Å². The summed E-state index contributed by atoms with van der Waals surface area (Å²) in [5.74, 6) is 0.321. The predicted molar refractivity (Wildman–Crippen MR) is 96.0 cm³/mol. The Kier molecular flexibility index (Phi) is 4.42. The van der Waals surface area contributed by atoms with Crippen molar-refractivity contribution in [1.29, 1.82) is 0 Å². The van der Waals surface area contributed by atoms with Gasteiger partial charge in [-0.15, -0.1) is 11.8 Å². The van der Waals surface area contributed by atoms with Gasteiger partial charge >= 0.3 is 0 Å². The van der Waals surface area contributed by atoms with Crippen LogP contribution in [0.1, 0.15) is 11.1 Å². The Morgan fingerprint density at radius 3 is 2.70 bits per heavy atom. The molecule has 0 aliphatic carbocycles. The lowest BCUT2D eigenvalue weighted by molar-refractivity contribution is -0.132. The van der Waals surface area contributed by atoms with Gasteiger partial charge in [-0.2, -0.15) is 11.3 Å². The Morgan fingerprint density at radius 2 is 1.96 bits per heavy atom. The van der Waals surface area contributed by atoms with E-state index in [4.69, 9.17) is 0 Å². The molecule has 1 aromatic heterocycles. The van der Waals surface area contributed by atoms with Gasteiger partial charge in [0.2, 0.25) is 5.91 Å². The number of hydrogen-bond donors (Lipinski definition) is 0. The highest BCUT2D eigenvalue weighted by Crippen LogP contribution is 2.37. The summed E-state index contributed by atoms with van der Waals surface area (Å²) >= 11 is 3.49. The van der Waals surface area contributed by atoms with E-state index in [0.29, 0.717) is 5.91 Å². The highest BCUT2D eigenvalue weighted by molar-refractivity contribution is 8.01. The van der Waals surface area contributed by atoms with Crippen LogP contribution in [0.15, 0.2) is 46.0 Å². The molecule has 120 valence electrons. The van der Waals surface area contributed by atoms with Gasteiger partial charge in [0.05, 0.1) is 5.25 Å². The zero-order chi connectivity index (χ0) is 15.6. The van der Waals surface area contributed by atoms with Crippen LogP contribution in [0.2, 0.25) is 0 Å². The maximum absolute atomic E-state index is 12.8. The number of rotatable bonds is 3. The van der Waals surface area contributed by atoms with E-state index in [1.54, 1.807) is 23.1 Å². The summed E-state index contributed by atoms with van der Waals surface area (Å²) in [5.41, 5.74) is 2.71. The third-order valence-corrected chi connectivity index (χ3v) is 6.63. The fraction of sp³-hybridized carbons (Fsp3) is 0.389. The van der Waals surface area contributed by atoms with Crippen LogP contribution in [-0.2, 0) is 17.8 Å². The van der Waals surface area contributed by atoms with Crippen LogP contribution in [0.5, 0.6) is 0 Å². The predicted octanol–water partition coefficient (Wildman–Crippen LogP) is 3.11. The molecule has 2 aliphatic rings. The second kappa shape index (κ2) is 6.67. The van der Waals surface area contributed by atoms with E-state index in [0.717, 1.165) is 39.1 Å². The lowest BCUT2D eigenvalue weighted by atomic mass is 10.1. The normalized spacial score (nSPS) is 21.4. The van der Waals surface area contributed by atoms with E-state index in [9.17, 15) is 4.79 Å². The molecule has 0 bridgehead atoms. The second-order valence-electron chi connectivity index (χ2n) is 6.15. The summed E-state index contributed by atoms with van der Waals surface area (Å²) in [6.45, 7) is 4.68. The van der Waals surface area contributed by atoms with Crippen LogP contribution in [0, 0.1) is 0 Å². The Hall–Kier alpha value is -1.30. The van der Waals surface area contributed by atoms with E-state index in [-0.39, 0.29) is 5.25 Å². The first-order valence-electron chi connectivity index (χ1n) is 8.06. The molecule has 0 N–H and O–H groups in total. The van der Waals surface area contributed by atoms with Crippen molar-refractivity contribution in [2.24, 2.45) is 0 Å². The summed E-state index contributed by atoms with van der Waals surface area (Å²) in [7, 11) is 0. The quantitative estimate of drug-likeness (QED) is 0.855. The van der Waals surface area contributed by atoms with Gasteiger partial charge in [0.15, 0.2) is 0 Å². The van der Waals surface area contributed by atoms with Crippen molar-refractivity contribution in [2.75, 3.05) is 26.2 Å². The van der Waals surface area contributed by atoms with Crippen molar-refractivity contribution in [3.05, 3.63) is 52.2 Å². The Labute approximate surface area is 145 Å². The molecular weight excluding hydrogens is 324 g/mol. The summed E-state index contributed by atoms with van der Waals surface area (Å²) < 4.78 is 0.